The van der Waals surface area contributed by atoms with Crippen LogP contribution >= 0.6 is 181 Å². The van der Waals surface area contributed by atoms with E-state index in [0.717, 1.165) is 17.9 Å². The third kappa shape index (κ3) is 7.09. The normalized spacial score (nSPS) is 15.0. The summed E-state index contributed by atoms with van der Waals surface area (Å²) in [6, 6.07) is 1.78. The largest absolute Gasteiger partial charge is 1.00 e. The fraction of sp³-hybridized carbons (Fsp3) is 0.0714. The number of phenols is 1. The van der Waals surface area contributed by atoms with Crippen LogP contribution in [0.3, 0.4) is 0 Å². The fourth-order valence-corrected chi connectivity index (χ4v) is 9.74. The van der Waals surface area contributed by atoms with Gasteiger partial charge in [0.15, 0.2) is 0 Å². The van der Waals surface area contributed by atoms with Crippen molar-refractivity contribution in [3.05, 3.63) is 45.8 Å². The van der Waals surface area contributed by atoms with E-state index in [1.165, 1.54) is 3.57 Å². The molecule has 0 aliphatic carbocycles. The van der Waals surface area contributed by atoms with Crippen molar-refractivity contribution in [3.8, 4) is 5.75 Å². The maximum atomic E-state index is 11.7. The van der Waals surface area contributed by atoms with Gasteiger partial charge in [0, 0.05) is 30.6 Å². The van der Waals surface area contributed by atoms with Crippen molar-refractivity contribution >= 4 is 197 Å². The maximum absolute atomic E-state index is 11.7. The summed E-state index contributed by atoms with van der Waals surface area (Å²) in [5.41, 5.74) is -1.37. The third-order valence-corrected chi connectivity index (χ3v) is 18.9. The van der Waals surface area contributed by atoms with Crippen molar-refractivity contribution in [1.82, 2.24) is 0 Å². The summed E-state index contributed by atoms with van der Waals surface area (Å²) < 4.78 is 45.4. The quantitative estimate of drug-likeness (QED) is 0.117. The summed E-state index contributed by atoms with van der Waals surface area (Å²) in [5.74, 6) is -0.383. The van der Waals surface area contributed by atoms with Gasteiger partial charge < -0.3 is 14.4 Å². The summed E-state index contributed by atoms with van der Waals surface area (Å²) in [6.45, 7) is 0. The molecule has 0 saturated carbocycles. The zero-order valence-electron chi connectivity index (χ0n) is 14.1. The van der Waals surface area contributed by atoms with Crippen LogP contribution in [0, 0.1) is 28.6 Å². The molecular weight excluding hydrogens is 1320 g/mol. The molecule has 1 aliphatic heterocycles. The number of hydrogen-bond acceptors (Lipinski definition) is 6. The Morgan fingerprint density at radius 3 is 1.80 bits per heavy atom. The Morgan fingerprint density at radius 2 is 1.30 bits per heavy atom. The molecule has 0 spiro atoms. The molecule has 1 N–H and O–H groups in total. The molecule has 3 rings (SSSR count). The van der Waals surface area contributed by atoms with Gasteiger partial charge in [0.25, 0.3) is 0 Å². The Hall–Kier alpha value is 4.06. The van der Waals surface area contributed by atoms with E-state index in [2.05, 4.69) is 113 Å². The second kappa shape index (κ2) is 13.0. The number of halogens is 8. The Kier molecular flexibility index (Phi) is 13.9. The number of cyclic esters (lactones) is 1. The topological polar surface area (TPSA) is 104 Å². The molecule has 0 bridgehead atoms. The molecule has 1 atom stereocenters. The van der Waals surface area contributed by atoms with Crippen molar-refractivity contribution in [2.45, 2.75) is 5.44 Å². The van der Waals surface area contributed by atoms with Crippen LogP contribution in [0.25, 0.3) is 0 Å². The van der Waals surface area contributed by atoms with Crippen LogP contribution in [0.4, 0.5) is 0 Å². The van der Waals surface area contributed by atoms with Gasteiger partial charge in [-0.25, -0.2) is 13.2 Å². The molecule has 2 aromatic carbocycles. The van der Waals surface area contributed by atoms with E-state index >= 15 is 0 Å². The van der Waals surface area contributed by atoms with E-state index in [1.54, 1.807) is 6.07 Å². The number of rotatable bonds is 1. The molecule has 1 aliphatic rings. The summed E-state index contributed by atoms with van der Waals surface area (Å²) in [6.07, 6.45) is 0. The van der Waals surface area contributed by atoms with Crippen molar-refractivity contribution < 1.29 is 46.5 Å². The first-order valence-electron chi connectivity index (χ1n) is 6.73. The maximum Gasteiger partial charge on any atom is 1.00 e. The minimum absolute atomic E-state index is 0. The number of carbonyl (C=O) groups is 1. The zero-order chi connectivity index (χ0) is 22.4. The van der Waals surface area contributed by atoms with Gasteiger partial charge in [0.2, 0.25) is 5.44 Å². The molecule has 0 fully saturated rings. The Labute approximate surface area is 293 Å². The van der Waals surface area contributed by atoms with Crippen molar-refractivity contribution in [2.75, 3.05) is 0 Å². The summed E-state index contributed by atoms with van der Waals surface area (Å²) in [4.78, 5) is 11.7. The van der Waals surface area contributed by atoms with E-state index in [1.807, 2.05) is 67.8 Å². The molecule has 158 valence electrons. The predicted octanol–water partition coefficient (Wildman–Crippen LogP) is 3.63. The molecule has 0 aromatic heterocycles. The van der Waals surface area contributed by atoms with E-state index in [-0.39, 0.29) is 30.0 Å². The van der Waals surface area contributed by atoms with Crippen LogP contribution in [-0.2, 0) is 14.9 Å². The summed E-state index contributed by atoms with van der Waals surface area (Å²) >= 11 is 16.9. The van der Waals surface area contributed by atoms with Gasteiger partial charge in [0.05, 0.1) is 9.13 Å². The smallest absolute Gasteiger partial charge is 0.745 e. The van der Waals surface area contributed by atoms with Crippen LogP contribution in [0.5, 0.6) is 5.75 Å². The monoisotopic (exact) mass is 1320 g/mol. The van der Waals surface area contributed by atoms with Gasteiger partial charge >= 0.3 is 24.8 Å². The Bertz CT molecular complexity index is 1110. The molecule has 1 heterocycles. The van der Waals surface area contributed by atoms with Crippen molar-refractivity contribution in [2.24, 2.45) is 0 Å². The van der Waals surface area contributed by atoms with E-state index < -0.39 is 21.5 Å². The first-order valence-corrected chi connectivity index (χ1v) is 16.8. The second-order valence-corrected chi connectivity index (χ2v) is 15.2. The van der Waals surface area contributed by atoms with Crippen LogP contribution in [0.2, 0.25) is 0 Å². The third-order valence-electron chi connectivity index (χ3n) is 3.30. The van der Waals surface area contributed by atoms with E-state index in [9.17, 15) is 22.9 Å². The number of benzene rings is 2. The minimum Gasteiger partial charge on any atom is -0.745 e. The molecular formula is C14H3I8LiO6S. The fourth-order valence-electron chi connectivity index (χ4n) is 2.05. The first kappa shape index (κ1) is 32.1. The van der Waals surface area contributed by atoms with Crippen molar-refractivity contribution in [3.63, 3.8) is 0 Å². The number of esters is 1. The number of hydrogen-bond donors (Lipinski definition) is 1. The van der Waals surface area contributed by atoms with Gasteiger partial charge in [0.1, 0.15) is 15.9 Å². The average Bonchev–Trinajstić information content (AvgIpc) is 2.99. The van der Waals surface area contributed by atoms with Gasteiger partial charge in [-0.05, 0) is 187 Å². The van der Waals surface area contributed by atoms with Gasteiger partial charge in [-0.15, -0.1) is 0 Å². The zero-order valence-corrected chi connectivity index (χ0v) is 32.2. The number of phenolic OH excluding ortho intramolecular Hbond substituents is 1. The first-order chi connectivity index (χ1) is 13.2. The van der Waals surface area contributed by atoms with Crippen molar-refractivity contribution in [1.29, 1.82) is 0 Å². The number of aromatic hydroxyl groups is 1. The van der Waals surface area contributed by atoms with E-state index in [4.69, 9.17) is 4.74 Å². The predicted molar refractivity (Wildman–Crippen MR) is 174 cm³/mol. The molecule has 0 amide bonds. The van der Waals surface area contributed by atoms with Gasteiger partial charge in [-0.1, -0.05) is 0 Å². The van der Waals surface area contributed by atoms with Gasteiger partial charge in [-0.3, -0.25) is 0 Å². The molecule has 0 saturated heterocycles. The number of fused-ring (bicyclic) bond motifs is 1. The molecule has 16 heteroatoms. The number of carbonyl (C=O) groups excluding carboxylic acids is 1. The molecule has 0 radical (unpaired) electrons. The SMILES string of the molecule is O=C1OC(S(=O)(=O)[O-])c2c(I)c(I)c(I)c(I)c21.Oc1cc(I)c(I)c(I)c1I.[Li+]. The minimum atomic E-state index is -4.72. The van der Waals surface area contributed by atoms with E-state index in [0.29, 0.717) is 12.9 Å². The van der Waals surface area contributed by atoms with Crippen LogP contribution in [-0.4, -0.2) is 24.0 Å². The summed E-state index contributed by atoms with van der Waals surface area (Å²) in [7, 11) is -4.72. The molecule has 30 heavy (non-hydrogen) atoms. The standard InChI is InChI=1S/C8H2I4O5S.C6H2I4O.Li/c9-3-1-2(4(10)6(12)5(3)11)8(17-7(1)13)18(14,15)16;7-2-1-3(11)5(9)6(10)4(2)8;/h8H,(H,14,15,16);1,11H;/q;;+1/p-1. The van der Waals surface area contributed by atoms with Gasteiger partial charge in [-0.2, -0.15) is 0 Å². The number of ether oxygens (including phenoxy) is 1. The molecule has 1 unspecified atom stereocenters. The van der Waals surface area contributed by atoms with Crippen LogP contribution in [0.15, 0.2) is 6.07 Å². The Morgan fingerprint density at radius 1 is 0.833 bits per heavy atom. The van der Waals surface area contributed by atoms with Crippen LogP contribution in [0.1, 0.15) is 21.4 Å². The van der Waals surface area contributed by atoms with Crippen LogP contribution < -0.4 is 18.9 Å². The summed E-state index contributed by atoms with van der Waals surface area (Å²) in [5, 5.41) is 9.38. The average molecular weight is 1320 g/mol. The second-order valence-electron chi connectivity index (χ2n) is 5.09. The molecule has 6 nitrogen and oxygen atoms in total. The Balaban J connectivity index is 0.000000324. The molecule has 2 aromatic rings.